The van der Waals surface area contributed by atoms with Crippen molar-refractivity contribution in [1.82, 2.24) is 5.32 Å². The van der Waals surface area contributed by atoms with Crippen LogP contribution in [0.4, 0.5) is 5.69 Å². The minimum Gasteiger partial charge on any atom is -0.497 e. The van der Waals surface area contributed by atoms with E-state index in [9.17, 15) is 9.59 Å². The maximum Gasteiger partial charge on any atom is 0.332 e. The van der Waals surface area contributed by atoms with E-state index in [0.717, 1.165) is 6.08 Å². The van der Waals surface area contributed by atoms with Crippen molar-refractivity contribution in [2.45, 2.75) is 0 Å². The van der Waals surface area contributed by atoms with Crippen LogP contribution >= 0.6 is 0 Å². The van der Waals surface area contributed by atoms with E-state index in [-0.39, 0.29) is 5.70 Å². The van der Waals surface area contributed by atoms with Gasteiger partial charge in [-0.3, -0.25) is 4.79 Å². The van der Waals surface area contributed by atoms with E-state index in [4.69, 9.17) is 4.74 Å². The second-order valence-electron chi connectivity index (χ2n) is 3.51. The highest BCUT2D eigenvalue weighted by Gasteiger charge is 2.10. The molecular weight excluding hydrogens is 248 g/mol. The first kappa shape index (κ1) is 14.6. The molecule has 1 aromatic rings. The number of ether oxygens (including phenoxy) is 2. The van der Waals surface area contributed by atoms with Crippen molar-refractivity contribution in [3.8, 4) is 5.75 Å². The van der Waals surface area contributed by atoms with Crippen molar-refractivity contribution in [3.05, 3.63) is 36.0 Å². The zero-order chi connectivity index (χ0) is 14.3. The first-order valence-electron chi connectivity index (χ1n) is 5.53. The van der Waals surface area contributed by atoms with Crippen molar-refractivity contribution < 1.29 is 19.1 Å². The standard InChI is InChI=1S/C13H16N2O4/c1-14-13(17)11(8-12(16)19-3)15-9-4-6-10(18-2)7-5-9/h4-8,15H,1-3H3,(H,14,17)/b11-8-. The number of hydrogen-bond donors (Lipinski definition) is 2. The van der Waals surface area contributed by atoms with Crippen molar-refractivity contribution in [2.24, 2.45) is 0 Å². The normalized spacial score (nSPS) is 10.6. The highest BCUT2D eigenvalue weighted by molar-refractivity contribution is 6.01. The Bertz CT molecular complexity index is 480. The van der Waals surface area contributed by atoms with Crippen molar-refractivity contribution in [1.29, 1.82) is 0 Å². The zero-order valence-corrected chi connectivity index (χ0v) is 11.0. The van der Waals surface area contributed by atoms with Crippen LogP contribution in [0.25, 0.3) is 0 Å². The minimum absolute atomic E-state index is 0.0968. The summed E-state index contributed by atoms with van der Waals surface area (Å²) in [5.41, 5.74) is 0.749. The Morgan fingerprint density at radius 2 is 1.79 bits per heavy atom. The van der Waals surface area contributed by atoms with Crippen molar-refractivity contribution in [2.75, 3.05) is 26.6 Å². The van der Waals surface area contributed by atoms with Crippen LogP contribution in [0.3, 0.4) is 0 Å². The number of likely N-dealkylation sites (N-methyl/N-ethyl adjacent to an activating group) is 1. The van der Waals surface area contributed by atoms with Gasteiger partial charge in [0.1, 0.15) is 11.4 Å². The van der Waals surface area contributed by atoms with Gasteiger partial charge in [0.2, 0.25) is 0 Å². The molecule has 6 nitrogen and oxygen atoms in total. The van der Waals surface area contributed by atoms with Crippen LogP contribution in [0.1, 0.15) is 0 Å². The third-order valence-electron chi connectivity index (χ3n) is 2.30. The molecule has 19 heavy (non-hydrogen) atoms. The highest BCUT2D eigenvalue weighted by Crippen LogP contribution is 2.16. The van der Waals surface area contributed by atoms with E-state index < -0.39 is 11.9 Å². The van der Waals surface area contributed by atoms with Gasteiger partial charge < -0.3 is 20.1 Å². The number of carbonyl (C=O) groups excluding carboxylic acids is 2. The summed E-state index contributed by atoms with van der Waals surface area (Å²) in [6, 6.07) is 6.93. The van der Waals surface area contributed by atoms with Gasteiger partial charge in [-0.25, -0.2) is 4.79 Å². The zero-order valence-electron chi connectivity index (χ0n) is 11.0. The number of hydrogen-bond acceptors (Lipinski definition) is 5. The van der Waals surface area contributed by atoms with E-state index in [1.54, 1.807) is 31.4 Å². The lowest BCUT2D eigenvalue weighted by atomic mass is 10.2. The lowest BCUT2D eigenvalue weighted by Crippen LogP contribution is -2.25. The average Bonchev–Trinajstić information content (AvgIpc) is 2.46. The molecule has 2 N–H and O–H groups in total. The second-order valence-corrected chi connectivity index (χ2v) is 3.51. The number of amides is 1. The molecule has 0 fully saturated rings. The molecule has 0 radical (unpaired) electrons. The quantitative estimate of drug-likeness (QED) is 0.610. The Balaban J connectivity index is 2.90. The molecule has 0 aliphatic heterocycles. The van der Waals surface area contributed by atoms with E-state index in [1.807, 2.05) is 0 Å². The van der Waals surface area contributed by atoms with Crippen LogP contribution in [-0.4, -0.2) is 33.1 Å². The van der Waals surface area contributed by atoms with E-state index >= 15 is 0 Å². The summed E-state index contributed by atoms with van der Waals surface area (Å²) in [6.45, 7) is 0. The van der Waals surface area contributed by atoms with Crippen LogP contribution in [0.2, 0.25) is 0 Å². The topological polar surface area (TPSA) is 76.7 Å². The van der Waals surface area contributed by atoms with E-state index in [1.165, 1.54) is 14.2 Å². The Morgan fingerprint density at radius 1 is 1.16 bits per heavy atom. The molecular formula is C13H16N2O4. The fourth-order valence-electron chi connectivity index (χ4n) is 1.30. The first-order valence-corrected chi connectivity index (χ1v) is 5.53. The predicted octanol–water partition coefficient (Wildman–Crippen LogP) is 0.910. The summed E-state index contributed by atoms with van der Waals surface area (Å²) in [6.07, 6.45) is 1.09. The molecule has 6 heteroatoms. The second kappa shape index (κ2) is 7.05. The Kier molecular flexibility index (Phi) is 5.40. The first-order chi connectivity index (χ1) is 9.10. The van der Waals surface area contributed by atoms with Gasteiger partial charge in [0.05, 0.1) is 20.3 Å². The summed E-state index contributed by atoms with van der Waals surface area (Å²) in [4.78, 5) is 22.8. The molecule has 0 aliphatic carbocycles. The van der Waals surface area contributed by atoms with Gasteiger partial charge in [-0.15, -0.1) is 0 Å². The Labute approximate surface area is 111 Å². The molecule has 0 bridgehead atoms. The highest BCUT2D eigenvalue weighted by atomic mass is 16.5. The summed E-state index contributed by atoms with van der Waals surface area (Å²) >= 11 is 0. The number of anilines is 1. The van der Waals surface area contributed by atoms with E-state index in [0.29, 0.717) is 11.4 Å². The average molecular weight is 264 g/mol. The third-order valence-corrected chi connectivity index (χ3v) is 2.30. The Hall–Kier alpha value is -2.50. The number of carbonyl (C=O) groups is 2. The SMILES string of the molecule is CNC(=O)/C(=C/C(=O)OC)Nc1ccc(OC)cc1. The third kappa shape index (κ3) is 4.34. The molecule has 102 valence electrons. The summed E-state index contributed by atoms with van der Waals surface area (Å²) in [7, 11) is 4.28. The van der Waals surface area contributed by atoms with Crippen LogP contribution in [0.15, 0.2) is 36.0 Å². The maximum atomic E-state index is 11.6. The number of nitrogens with one attached hydrogen (secondary N) is 2. The van der Waals surface area contributed by atoms with Crippen LogP contribution in [0.5, 0.6) is 5.75 Å². The Morgan fingerprint density at radius 3 is 2.26 bits per heavy atom. The predicted molar refractivity (Wildman–Crippen MR) is 70.8 cm³/mol. The molecule has 0 aromatic heterocycles. The molecule has 0 atom stereocenters. The van der Waals surface area contributed by atoms with Crippen LogP contribution < -0.4 is 15.4 Å². The number of esters is 1. The van der Waals surface area contributed by atoms with E-state index in [2.05, 4.69) is 15.4 Å². The van der Waals surface area contributed by atoms with Gasteiger partial charge in [0.15, 0.2) is 0 Å². The molecule has 0 saturated carbocycles. The largest absolute Gasteiger partial charge is 0.497 e. The summed E-state index contributed by atoms with van der Waals surface area (Å²) in [5.74, 6) is -0.329. The summed E-state index contributed by atoms with van der Waals surface area (Å²) in [5, 5.41) is 5.27. The smallest absolute Gasteiger partial charge is 0.332 e. The lowest BCUT2D eigenvalue weighted by molar-refractivity contribution is -0.135. The molecule has 0 aliphatic rings. The van der Waals surface area contributed by atoms with Gasteiger partial charge in [0, 0.05) is 12.7 Å². The van der Waals surface area contributed by atoms with Gasteiger partial charge in [-0.1, -0.05) is 0 Å². The molecule has 0 heterocycles. The summed E-state index contributed by atoms with van der Waals surface area (Å²) < 4.78 is 9.52. The molecule has 0 spiro atoms. The van der Waals surface area contributed by atoms with Gasteiger partial charge in [-0.05, 0) is 24.3 Å². The molecule has 1 aromatic carbocycles. The fourth-order valence-corrected chi connectivity index (χ4v) is 1.30. The molecule has 1 amide bonds. The number of benzene rings is 1. The lowest BCUT2D eigenvalue weighted by Gasteiger charge is -2.10. The van der Waals surface area contributed by atoms with Crippen LogP contribution in [0, 0.1) is 0 Å². The molecule has 0 unspecified atom stereocenters. The van der Waals surface area contributed by atoms with Crippen molar-refractivity contribution >= 4 is 17.6 Å². The van der Waals surface area contributed by atoms with Crippen molar-refractivity contribution in [3.63, 3.8) is 0 Å². The fraction of sp³-hybridized carbons (Fsp3) is 0.231. The molecule has 1 rings (SSSR count). The van der Waals surface area contributed by atoms with Gasteiger partial charge in [0.25, 0.3) is 5.91 Å². The number of rotatable bonds is 5. The number of methoxy groups -OCH3 is 2. The van der Waals surface area contributed by atoms with Gasteiger partial charge >= 0.3 is 5.97 Å². The van der Waals surface area contributed by atoms with Crippen LogP contribution in [-0.2, 0) is 14.3 Å². The maximum absolute atomic E-state index is 11.6. The minimum atomic E-state index is -0.611. The van der Waals surface area contributed by atoms with Gasteiger partial charge in [-0.2, -0.15) is 0 Å². The molecule has 0 saturated heterocycles. The monoisotopic (exact) mass is 264 g/mol.